The van der Waals surface area contributed by atoms with Crippen LogP contribution in [0.2, 0.25) is 0 Å². The first-order valence-corrected chi connectivity index (χ1v) is 11.3. The highest BCUT2D eigenvalue weighted by Gasteiger charge is 2.60. The molecule has 0 aromatic heterocycles. The zero-order valence-electron chi connectivity index (χ0n) is 19.2. The van der Waals surface area contributed by atoms with Crippen molar-refractivity contribution in [2.45, 2.75) is 26.0 Å². The number of hydroxylamine groups is 1. The van der Waals surface area contributed by atoms with Crippen LogP contribution in [-0.2, 0) is 19.2 Å². The van der Waals surface area contributed by atoms with Gasteiger partial charge in [-0.15, -0.1) is 0 Å². The van der Waals surface area contributed by atoms with Gasteiger partial charge in [-0.05, 0) is 67.4 Å². The third-order valence-corrected chi connectivity index (χ3v) is 6.32. The van der Waals surface area contributed by atoms with E-state index in [1.165, 1.54) is 36.4 Å². The molecule has 3 aromatic carbocycles. The highest BCUT2D eigenvalue weighted by Crippen LogP contribution is 2.48. The fourth-order valence-electron chi connectivity index (χ4n) is 4.65. The lowest BCUT2D eigenvalue weighted by molar-refractivity contribution is -0.126. The number of carbonyl (C=O) groups excluding carboxylic acids is 3. The van der Waals surface area contributed by atoms with E-state index in [0.29, 0.717) is 16.8 Å². The molecule has 2 aliphatic rings. The molecule has 2 fully saturated rings. The lowest BCUT2D eigenvalue weighted by Crippen LogP contribution is -2.37. The van der Waals surface area contributed by atoms with Crippen LogP contribution in [0, 0.1) is 18.7 Å². The Balaban J connectivity index is 1.52. The molecule has 2 saturated heterocycles. The Morgan fingerprint density at radius 2 is 1.66 bits per heavy atom. The van der Waals surface area contributed by atoms with Crippen LogP contribution in [-0.4, -0.2) is 30.5 Å². The Morgan fingerprint density at radius 3 is 2.31 bits per heavy atom. The number of aryl methyl sites for hydroxylation is 1. The van der Waals surface area contributed by atoms with Gasteiger partial charge in [-0.1, -0.05) is 30.3 Å². The summed E-state index contributed by atoms with van der Waals surface area (Å²) in [7, 11) is 0. The molecule has 0 aliphatic carbocycles. The number of rotatable bonds is 5. The van der Waals surface area contributed by atoms with Crippen molar-refractivity contribution in [3.05, 3.63) is 95.3 Å². The Labute approximate surface area is 201 Å². The number of nitrogens with zero attached hydrogens (tertiary/aromatic N) is 2. The molecule has 3 aromatic rings. The molecular weight excluding hydrogens is 451 g/mol. The molecule has 3 atom stereocenters. The first-order valence-electron chi connectivity index (χ1n) is 11.3. The predicted octanol–water partition coefficient (Wildman–Crippen LogP) is 4.36. The molecule has 7 nitrogen and oxygen atoms in total. The van der Waals surface area contributed by atoms with E-state index in [-0.39, 0.29) is 6.61 Å². The van der Waals surface area contributed by atoms with Crippen molar-refractivity contribution >= 4 is 29.2 Å². The van der Waals surface area contributed by atoms with E-state index in [4.69, 9.17) is 9.57 Å². The number of hydrogen-bond acceptors (Lipinski definition) is 6. The summed E-state index contributed by atoms with van der Waals surface area (Å²) in [6, 6.07) is 18.8. The molecule has 0 saturated carbocycles. The maximum absolute atomic E-state index is 13.7. The monoisotopic (exact) mass is 474 g/mol. The number of benzene rings is 3. The van der Waals surface area contributed by atoms with Crippen LogP contribution in [0.3, 0.4) is 0 Å². The number of para-hydroxylation sites is 1. The maximum Gasteiger partial charge on any atom is 0.338 e. The molecule has 0 radical (unpaired) electrons. The first kappa shape index (κ1) is 22.7. The smallest absolute Gasteiger partial charge is 0.338 e. The fourth-order valence-corrected chi connectivity index (χ4v) is 4.65. The van der Waals surface area contributed by atoms with Crippen LogP contribution in [0.5, 0.6) is 0 Å². The van der Waals surface area contributed by atoms with Crippen LogP contribution in [0.4, 0.5) is 15.8 Å². The van der Waals surface area contributed by atoms with Crippen LogP contribution in [0.15, 0.2) is 72.8 Å². The molecule has 0 spiro atoms. The molecule has 178 valence electrons. The highest BCUT2D eigenvalue weighted by molar-refractivity contribution is 6.24. The van der Waals surface area contributed by atoms with Crippen molar-refractivity contribution in [3.63, 3.8) is 0 Å². The summed E-state index contributed by atoms with van der Waals surface area (Å²) in [6.07, 6.45) is -1.04. The Morgan fingerprint density at radius 1 is 0.971 bits per heavy atom. The number of ether oxygens (including phenoxy) is 1. The Bertz CT molecular complexity index is 1290. The minimum absolute atomic E-state index is 0.243. The van der Waals surface area contributed by atoms with Crippen LogP contribution in [0.25, 0.3) is 0 Å². The minimum atomic E-state index is -1.04. The fraction of sp³-hybridized carbons (Fsp3) is 0.222. The number of amides is 2. The van der Waals surface area contributed by atoms with Gasteiger partial charge in [-0.2, -0.15) is 0 Å². The van der Waals surface area contributed by atoms with Gasteiger partial charge in [0.05, 0.1) is 29.6 Å². The Hall–Kier alpha value is -4.04. The predicted molar refractivity (Wildman–Crippen MR) is 126 cm³/mol. The number of imide groups is 1. The van der Waals surface area contributed by atoms with Crippen molar-refractivity contribution in [1.29, 1.82) is 0 Å². The second-order valence-corrected chi connectivity index (χ2v) is 8.44. The standard InChI is InChI=1S/C27H23FN2O5/c1-3-34-27(33)18-10-14-20(15-11-18)29-25(31)22-23(17-8-12-19(28)13-9-17)30(35-24(22)26(29)32)21-7-5-4-6-16(21)2/h4-15,22-24H,3H2,1-2H3/t22-,23-,24-/m0/s1. The number of hydrogen-bond donors (Lipinski definition) is 0. The molecule has 0 unspecified atom stereocenters. The molecule has 5 rings (SSSR count). The van der Waals surface area contributed by atoms with E-state index in [1.807, 2.05) is 31.2 Å². The summed E-state index contributed by atoms with van der Waals surface area (Å²) in [4.78, 5) is 46.3. The summed E-state index contributed by atoms with van der Waals surface area (Å²) in [5.74, 6) is -2.63. The molecular formula is C27H23FN2O5. The molecule has 8 heteroatoms. The van der Waals surface area contributed by atoms with E-state index < -0.39 is 41.7 Å². The van der Waals surface area contributed by atoms with Crippen molar-refractivity contribution in [3.8, 4) is 0 Å². The number of esters is 1. The average molecular weight is 474 g/mol. The quantitative estimate of drug-likeness (QED) is 0.404. The van der Waals surface area contributed by atoms with Crippen molar-refractivity contribution in [1.82, 2.24) is 0 Å². The zero-order valence-corrected chi connectivity index (χ0v) is 19.2. The highest BCUT2D eigenvalue weighted by atomic mass is 19.1. The summed E-state index contributed by atoms with van der Waals surface area (Å²) >= 11 is 0. The third-order valence-electron chi connectivity index (χ3n) is 6.32. The van der Waals surface area contributed by atoms with Crippen molar-refractivity contribution < 1.29 is 28.3 Å². The van der Waals surface area contributed by atoms with Crippen LogP contribution < -0.4 is 9.96 Å². The molecule has 0 N–H and O–H groups in total. The van der Waals surface area contributed by atoms with Gasteiger partial charge in [0.15, 0.2) is 6.10 Å². The van der Waals surface area contributed by atoms with E-state index in [1.54, 1.807) is 24.1 Å². The summed E-state index contributed by atoms with van der Waals surface area (Å²) in [5, 5.41) is 1.59. The van der Waals surface area contributed by atoms with Gasteiger partial charge < -0.3 is 4.74 Å². The second kappa shape index (κ2) is 8.96. The number of carbonyl (C=O) groups is 3. The molecule has 2 aliphatic heterocycles. The largest absolute Gasteiger partial charge is 0.462 e. The van der Waals surface area contributed by atoms with Crippen molar-refractivity contribution in [2.24, 2.45) is 5.92 Å². The van der Waals surface area contributed by atoms with Gasteiger partial charge in [-0.25, -0.2) is 19.1 Å². The van der Waals surface area contributed by atoms with Gasteiger partial charge in [0.2, 0.25) is 5.91 Å². The second-order valence-electron chi connectivity index (χ2n) is 8.44. The number of fused-ring (bicyclic) bond motifs is 1. The van der Waals surface area contributed by atoms with E-state index in [2.05, 4.69) is 0 Å². The van der Waals surface area contributed by atoms with Gasteiger partial charge in [0.25, 0.3) is 5.91 Å². The molecule has 2 amide bonds. The number of anilines is 2. The summed E-state index contributed by atoms with van der Waals surface area (Å²) in [6.45, 7) is 3.87. The van der Waals surface area contributed by atoms with Gasteiger partial charge in [-0.3, -0.25) is 14.4 Å². The molecule has 35 heavy (non-hydrogen) atoms. The van der Waals surface area contributed by atoms with Crippen LogP contribution >= 0.6 is 0 Å². The minimum Gasteiger partial charge on any atom is -0.462 e. The zero-order chi connectivity index (χ0) is 24.7. The van der Waals surface area contributed by atoms with E-state index in [9.17, 15) is 18.8 Å². The lowest BCUT2D eigenvalue weighted by atomic mass is 9.90. The van der Waals surface area contributed by atoms with Crippen molar-refractivity contribution in [2.75, 3.05) is 16.6 Å². The average Bonchev–Trinajstić information content (AvgIpc) is 3.36. The molecule has 0 bridgehead atoms. The van der Waals surface area contributed by atoms with E-state index in [0.717, 1.165) is 16.2 Å². The van der Waals surface area contributed by atoms with Crippen LogP contribution in [0.1, 0.15) is 34.5 Å². The van der Waals surface area contributed by atoms with E-state index >= 15 is 0 Å². The molecule has 2 heterocycles. The normalized spacial score (nSPS) is 21.4. The maximum atomic E-state index is 13.7. The third kappa shape index (κ3) is 3.85. The summed E-state index contributed by atoms with van der Waals surface area (Å²) in [5.41, 5.74) is 2.95. The topological polar surface area (TPSA) is 76.2 Å². The number of halogens is 1. The summed E-state index contributed by atoms with van der Waals surface area (Å²) < 4.78 is 18.7. The SMILES string of the molecule is CCOC(=O)c1ccc(N2C(=O)[C@@H]3[C@H](ON(c4ccccc4C)[C@H]3c3ccc(F)cc3)C2=O)cc1. The van der Waals surface area contributed by atoms with Gasteiger partial charge in [0, 0.05) is 0 Å². The lowest BCUT2D eigenvalue weighted by Gasteiger charge is -2.29. The van der Waals surface area contributed by atoms with Gasteiger partial charge >= 0.3 is 5.97 Å². The first-order chi connectivity index (χ1) is 16.9. The Kier molecular flexibility index (Phi) is 5.82. The van der Waals surface area contributed by atoms with Gasteiger partial charge in [0.1, 0.15) is 11.7 Å².